The van der Waals surface area contributed by atoms with Crippen LogP contribution in [-0.2, 0) is 10.2 Å². The van der Waals surface area contributed by atoms with Crippen LogP contribution in [-0.4, -0.2) is 13.2 Å². The Labute approximate surface area is 106 Å². The molecule has 1 aliphatic rings. The molecule has 0 radical (unpaired) electrons. The number of hydrogen-bond donors (Lipinski definition) is 0. The van der Waals surface area contributed by atoms with Crippen molar-refractivity contribution in [2.45, 2.75) is 38.0 Å². The summed E-state index contributed by atoms with van der Waals surface area (Å²) in [7, 11) is 0. The molecule has 0 atom stereocenters. The maximum absolute atomic E-state index is 5.70. The third-order valence-electron chi connectivity index (χ3n) is 3.58. The molecule has 2 rings (SSSR count). The van der Waals surface area contributed by atoms with E-state index in [9.17, 15) is 0 Å². The number of ether oxygens (including phenoxy) is 1. The molecule has 88 valence electrons. The average Bonchev–Trinajstić information content (AvgIpc) is 2.76. The van der Waals surface area contributed by atoms with Crippen LogP contribution in [0.5, 0.6) is 0 Å². The van der Waals surface area contributed by atoms with Crippen molar-refractivity contribution in [2.24, 2.45) is 0 Å². The first-order chi connectivity index (χ1) is 7.77. The lowest BCUT2D eigenvalue weighted by Gasteiger charge is -2.29. The van der Waals surface area contributed by atoms with Crippen molar-refractivity contribution < 1.29 is 4.74 Å². The predicted octanol–water partition coefficient (Wildman–Crippen LogP) is 4.30. The van der Waals surface area contributed by atoms with E-state index in [1.54, 1.807) is 0 Å². The molecule has 0 saturated heterocycles. The molecule has 1 aromatic carbocycles. The maximum atomic E-state index is 5.70. The Kier molecular flexibility index (Phi) is 4.04. The third kappa shape index (κ3) is 2.49. The molecule has 0 bridgehead atoms. The van der Waals surface area contributed by atoms with Gasteiger partial charge in [-0.1, -0.05) is 40.9 Å². The summed E-state index contributed by atoms with van der Waals surface area (Å²) in [4.78, 5) is 0. The van der Waals surface area contributed by atoms with Crippen molar-refractivity contribution >= 4 is 15.9 Å². The average molecular weight is 283 g/mol. The lowest BCUT2D eigenvalue weighted by atomic mass is 9.80. The fourth-order valence-electron chi connectivity index (χ4n) is 2.68. The van der Waals surface area contributed by atoms with Gasteiger partial charge in [-0.05, 0) is 37.5 Å². The lowest BCUT2D eigenvalue weighted by molar-refractivity contribution is 0.0935. The molecule has 0 aromatic heterocycles. The molecular formula is C14H19BrO. The molecule has 1 aliphatic carbocycles. The summed E-state index contributed by atoms with van der Waals surface area (Å²) in [5.41, 5.74) is 1.72. The first-order valence-corrected chi connectivity index (χ1v) is 6.90. The zero-order chi connectivity index (χ0) is 11.4. The summed E-state index contributed by atoms with van der Waals surface area (Å²) in [5, 5.41) is 0. The predicted molar refractivity (Wildman–Crippen MR) is 70.8 cm³/mol. The van der Waals surface area contributed by atoms with Crippen LogP contribution < -0.4 is 0 Å². The van der Waals surface area contributed by atoms with Gasteiger partial charge in [0.05, 0.1) is 6.61 Å². The molecule has 0 N–H and O–H groups in total. The van der Waals surface area contributed by atoms with E-state index in [2.05, 4.69) is 47.1 Å². The first-order valence-electron chi connectivity index (χ1n) is 6.11. The van der Waals surface area contributed by atoms with Gasteiger partial charge in [0, 0.05) is 16.5 Å². The molecule has 16 heavy (non-hydrogen) atoms. The Bertz CT molecular complexity index is 342. The van der Waals surface area contributed by atoms with Crippen LogP contribution in [0, 0.1) is 0 Å². The maximum Gasteiger partial charge on any atom is 0.0562 e. The van der Waals surface area contributed by atoms with Gasteiger partial charge in [-0.2, -0.15) is 0 Å². The van der Waals surface area contributed by atoms with E-state index in [1.807, 2.05) is 0 Å². The molecular weight excluding hydrogens is 264 g/mol. The van der Waals surface area contributed by atoms with Crippen molar-refractivity contribution in [1.29, 1.82) is 0 Å². The van der Waals surface area contributed by atoms with Crippen LogP contribution >= 0.6 is 15.9 Å². The van der Waals surface area contributed by atoms with Gasteiger partial charge in [-0.3, -0.25) is 0 Å². The molecule has 0 spiro atoms. The number of hydrogen-bond acceptors (Lipinski definition) is 1. The van der Waals surface area contributed by atoms with Gasteiger partial charge < -0.3 is 4.74 Å². The van der Waals surface area contributed by atoms with E-state index in [4.69, 9.17) is 4.74 Å². The highest BCUT2D eigenvalue weighted by Gasteiger charge is 2.35. The Balaban J connectivity index is 2.24. The van der Waals surface area contributed by atoms with Crippen molar-refractivity contribution in [3.05, 3.63) is 34.3 Å². The van der Waals surface area contributed by atoms with E-state index in [0.717, 1.165) is 13.2 Å². The highest BCUT2D eigenvalue weighted by atomic mass is 79.9. The number of benzene rings is 1. The second-order valence-corrected chi connectivity index (χ2v) is 5.55. The quantitative estimate of drug-likeness (QED) is 0.800. The molecule has 0 amide bonds. The minimum Gasteiger partial charge on any atom is -0.381 e. The SMILES string of the molecule is CCOCC1(c2cccc(Br)c2)CCCC1. The van der Waals surface area contributed by atoms with E-state index >= 15 is 0 Å². The molecule has 0 aliphatic heterocycles. The summed E-state index contributed by atoms with van der Waals surface area (Å²) in [6.45, 7) is 3.76. The zero-order valence-corrected chi connectivity index (χ0v) is 11.4. The van der Waals surface area contributed by atoms with E-state index in [-0.39, 0.29) is 5.41 Å². The summed E-state index contributed by atoms with van der Waals surface area (Å²) in [5.74, 6) is 0. The highest BCUT2D eigenvalue weighted by molar-refractivity contribution is 9.10. The molecule has 1 aromatic rings. The smallest absolute Gasteiger partial charge is 0.0562 e. The fraction of sp³-hybridized carbons (Fsp3) is 0.571. The summed E-state index contributed by atoms with van der Waals surface area (Å²) in [6.07, 6.45) is 5.20. The number of rotatable bonds is 4. The van der Waals surface area contributed by atoms with Crippen LogP contribution in [0.4, 0.5) is 0 Å². The molecule has 0 unspecified atom stereocenters. The normalized spacial score (nSPS) is 18.9. The minimum atomic E-state index is 0.278. The van der Waals surface area contributed by atoms with E-state index < -0.39 is 0 Å². The van der Waals surface area contributed by atoms with Crippen molar-refractivity contribution in [1.82, 2.24) is 0 Å². The van der Waals surface area contributed by atoms with Crippen molar-refractivity contribution in [3.8, 4) is 0 Å². The standard InChI is InChI=1S/C14H19BrO/c1-2-16-11-14(8-3-4-9-14)12-6-5-7-13(15)10-12/h5-7,10H,2-4,8-9,11H2,1H3. The fourth-order valence-corrected chi connectivity index (χ4v) is 3.08. The van der Waals surface area contributed by atoms with Crippen LogP contribution in [0.1, 0.15) is 38.2 Å². The van der Waals surface area contributed by atoms with E-state index in [1.165, 1.54) is 35.7 Å². The van der Waals surface area contributed by atoms with Gasteiger partial charge in [-0.15, -0.1) is 0 Å². The van der Waals surface area contributed by atoms with Gasteiger partial charge in [-0.25, -0.2) is 0 Å². The third-order valence-corrected chi connectivity index (χ3v) is 4.07. The summed E-state index contributed by atoms with van der Waals surface area (Å²) in [6, 6.07) is 8.72. The largest absolute Gasteiger partial charge is 0.381 e. The Morgan fingerprint density at radius 1 is 1.31 bits per heavy atom. The second kappa shape index (κ2) is 5.33. The summed E-state index contributed by atoms with van der Waals surface area (Å²) < 4.78 is 6.87. The van der Waals surface area contributed by atoms with Crippen LogP contribution in [0.3, 0.4) is 0 Å². The van der Waals surface area contributed by atoms with Gasteiger partial charge in [0.25, 0.3) is 0 Å². The Morgan fingerprint density at radius 3 is 2.69 bits per heavy atom. The monoisotopic (exact) mass is 282 g/mol. The Morgan fingerprint density at radius 2 is 2.06 bits per heavy atom. The number of halogens is 1. The first kappa shape index (κ1) is 12.1. The minimum absolute atomic E-state index is 0.278. The zero-order valence-electron chi connectivity index (χ0n) is 9.84. The van der Waals surface area contributed by atoms with Gasteiger partial charge in [0.15, 0.2) is 0 Å². The van der Waals surface area contributed by atoms with Crippen LogP contribution in [0.25, 0.3) is 0 Å². The topological polar surface area (TPSA) is 9.23 Å². The molecule has 1 nitrogen and oxygen atoms in total. The van der Waals surface area contributed by atoms with Gasteiger partial charge in [0.2, 0.25) is 0 Å². The van der Waals surface area contributed by atoms with Crippen molar-refractivity contribution in [3.63, 3.8) is 0 Å². The molecule has 1 saturated carbocycles. The highest BCUT2D eigenvalue weighted by Crippen LogP contribution is 2.41. The molecule has 2 heteroatoms. The summed E-state index contributed by atoms with van der Waals surface area (Å²) >= 11 is 3.56. The van der Waals surface area contributed by atoms with Crippen LogP contribution in [0.2, 0.25) is 0 Å². The van der Waals surface area contributed by atoms with Gasteiger partial charge >= 0.3 is 0 Å². The Hall–Kier alpha value is -0.340. The van der Waals surface area contributed by atoms with Crippen molar-refractivity contribution in [2.75, 3.05) is 13.2 Å². The van der Waals surface area contributed by atoms with Gasteiger partial charge in [0.1, 0.15) is 0 Å². The molecule has 1 fully saturated rings. The second-order valence-electron chi connectivity index (χ2n) is 4.63. The van der Waals surface area contributed by atoms with Crippen LogP contribution in [0.15, 0.2) is 28.7 Å². The lowest BCUT2D eigenvalue weighted by Crippen LogP contribution is -2.28. The van der Waals surface area contributed by atoms with E-state index in [0.29, 0.717) is 0 Å². The molecule has 0 heterocycles.